The molecule has 0 fully saturated rings. The predicted octanol–water partition coefficient (Wildman–Crippen LogP) is 3.52. The normalized spacial score (nSPS) is 10.7. The summed E-state index contributed by atoms with van der Waals surface area (Å²) in [6.45, 7) is 4.06. The van der Waals surface area contributed by atoms with Gasteiger partial charge in [0.25, 0.3) is 0 Å². The molecule has 26 heavy (non-hydrogen) atoms. The van der Waals surface area contributed by atoms with Crippen LogP contribution in [0.4, 0.5) is 5.69 Å². The van der Waals surface area contributed by atoms with Gasteiger partial charge in [-0.3, -0.25) is 9.59 Å². The summed E-state index contributed by atoms with van der Waals surface area (Å²) in [5.41, 5.74) is 5.58. The Morgan fingerprint density at radius 2 is 1.69 bits per heavy atom. The Morgan fingerprint density at radius 3 is 2.38 bits per heavy atom. The Bertz CT molecular complexity index is 955. The van der Waals surface area contributed by atoms with E-state index in [1.807, 2.05) is 38.1 Å². The van der Waals surface area contributed by atoms with E-state index in [2.05, 4.69) is 10.6 Å². The lowest BCUT2D eigenvalue weighted by molar-refractivity contribution is -0.120. The average molecular weight is 350 g/mol. The van der Waals surface area contributed by atoms with Gasteiger partial charge in [-0.15, -0.1) is 0 Å². The molecule has 0 radical (unpaired) electrons. The fourth-order valence-corrected chi connectivity index (χ4v) is 2.88. The van der Waals surface area contributed by atoms with Gasteiger partial charge in [0, 0.05) is 23.7 Å². The number of hydrogen-bond donors (Lipinski definition) is 2. The van der Waals surface area contributed by atoms with Crippen molar-refractivity contribution in [1.82, 2.24) is 5.32 Å². The van der Waals surface area contributed by atoms with Crippen molar-refractivity contribution in [3.05, 3.63) is 64.9 Å². The Balaban J connectivity index is 1.68. The molecule has 0 aliphatic rings. The quantitative estimate of drug-likeness (QED) is 0.739. The lowest BCUT2D eigenvalue weighted by Gasteiger charge is -2.06. The van der Waals surface area contributed by atoms with E-state index in [1.54, 1.807) is 25.4 Å². The second-order valence-corrected chi connectivity index (χ2v) is 6.42. The number of aryl methyl sites for hydroxylation is 2. The monoisotopic (exact) mass is 350 g/mol. The third-order valence-corrected chi connectivity index (χ3v) is 4.57. The van der Waals surface area contributed by atoms with Crippen LogP contribution in [0.15, 0.2) is 47.1 Å². The van der Waals surface area contributed by atoms with Crippen LogP contribution < -0.4 is 10.6 Å². The van der Waals surface area contributed by atoms with Gasteiger partial charge in [-0.25, -0.2) is 0 Å². The van der Waals surface area contributed by atoms with E-state index in [0.717, 1.165) is 27.7 Å². The van der Waals surface area contributed by atoms with Gasteiger partial charge < -0.3 is 15.1 Å². The molecule has 0 aliphatic carbocycles. The highest BCUT2D eigenvalue weighted by atomic mass is 16.3. The lowest BCUT2D eigenvalue weighted by Crippen LogP contribution is -2.20. The molecule has 3 aromatic rings. The molecule has 2 N–H and O–H groups in total. The van der Waals surface area contributed by atoms with E-state index in [1.165, 1.54) is 5.56 Å². The number of hydrogen-bond acceptors (Lipinski definition) is 3. The van der Waals surface area contributed by atoms with Gasteiger partial charge >= 0.3 is 0 Å². The van der Waals surface area contributed by atoms with Crippen molar-refractivity contribution in [1.29, 1.82) is 0 Å². The van der Waals surface area contributed by atoms with Crippen LogP contribution in [-0.4, -0.2) is 18.9 Å². The van der Waals surface area contributed by atoms with Gasteiger partial charge in [0.1, 0.15) is 5.58 Å². The number of nitrogens with one attached hydrogen (secondary N) is 2. The standard InChI is InChI=1S/C21H22N2O3/c1-13-4-9-18-16(12-26-21(18)14(13)2)11-20(25)23-17-7-5-15(6-8-17)10-19(24)22-3/h4-9,12H,10-11H2,1-3H3,(H,22,24)(H,23,25). The van der Waals surface area contributed by atoms with Crippen molar-refractivity contribution in [2.45, 2.75) is 26.7 Å². The van der Waals surface area contributed by atoms with Crippen molar-refractivity contribution < 1.29 is 14.0 Å². The first-order valence-electron chi connectivity index (χ1n) is 8.53. The number of likely N-dealkylation sites (N-methyl/N-ethyl adjacent to an activating group) is 1. The number of furan rings is 1. The summed E-state index contributed by atoms with van der Waals surface area (Å²) < 4.78 is 5.66. The molecule has 0 atom stereocenters. The molecule has 0 saturated heterocycles. The smallest absolute Gasteiger partial charge is 0.228 e. The van der Waals surface area contributed by atoms with Crippen molar-refractivity contribution >= 4 is 28.5 Å². The zero-order chi connectivity index (χ0) is 18.7. The molecule has 0 spiro atoms. The van der Waals surface area contributed by atoms with E-state index in [4.69, 9.17) is 4.42 Å². The Labute approximate surface area is 152 Å². The van der Waals surface area contributed by atoms with Crippen LogP contribution in [0.25, 0.3) is 11.0 Å². The maximum absolute atomic E-state index is 12.4. The molecule has 5 heteroatoms. The minimum Gasteiger partial charge on any atom is -0.464 e. The highest BCUT2D eigenvalue weighted by Crippen LogP contribution is 2.27. The number of benzene rings is 2. The fraction of sp³-hybridized carbons (Fsp3) is 0.238. The van der Waals surface area contributed by atoms with E-state index in [0.29, 0.717) is 12.1 Å². The molecule has 0 bridgehead atoms. The minimum atomic E-state index is -0.107. The molecule has 2 amide bonds. The summed E-state index contributed by atoms with van der Waals surface area (Å²) in [5.74, 6) is -0.149. The first kappa shape index (κ1) is 17.7. The Kier molecular flexibility index (Phi) is 5.07. The highest BCUT2D eigenvalue weighted by molar-refractivity contribution is 5.96. The number of amides is 2. The van der Waals surface area contributed by atoms with Crippen LogP contribution in [0, 0.1) is 13.8 Å². The van der Waals surface area contributed by atoms with Crippen LogP contribution in [0.2, 0.25) is 0 Å². The number of rotatable bonds is 5. The molecule has 134 valence electrons. The van der Waals surface area contributed by atoms with E-state index < -0.39 is 0 Å². The summed E-state index contributed by atoms with van der Waals surface area (Å²) >= 11 is 0. The summed E-state index contributed by atoms with van der Waals surface area (Å²) in [6.07, 6.45) is 2.23. The van der Waals surface area contributed by atoms with Gasteiger partial charge in [0.15, 0.2) is 0 Å². The van der Waals surface area contributed by atoms with Gasteiger partial charge in [0.2, 0.25) is 11.8 Å². The topological polar surface area (TPSA) is 71.3 Å². The van der Waals surface area contributed by atoms with Crippen LogP contribution >= 0.6 is 0 Å². The third kappa shape index (κ3) is 3.77. The number of carbonyl (C=O) groups excluding carboxylic acids is 2. The second-order valence-electron chi connectivity index (χ2n) is 6.42. The summed E-state index contributed by atoms with van der Waals surface area (Å²) in [6, 6.07) is 11.3. The molecule has 1 aromatic heterocycles. The number of fused-ring (bicyclic) bond motifs is 1. The number of anilines is 1. The Morgan fingerprint density at radius 1 is 0.962 bits per heavy atom. The zero-order valence-corrected chi connectivity index (χ0v) is 15.2. The largest absolute Gasteiger partial charge is 0.464 e. The summed E-state index contributed by atoms with van der Waals surface area (Å²) in [4.78, 5) is 23.8. The van der Waals surface area contributed by atoms with Crippen LogP contribution in [0.3, 0.4) is 0 Å². The summed E-state index contributed by atoms with van der Waals surface area (Å²) in [7, 11) is 1.61. The van der Waals surface area contributed by atoms with Crippen molar-refractivity contribution in [2.24, 2.45) is 0 Å². The van der Waals surface area contributed by atoms with Crippen LogP contribution in [0.5, 0.6) is 0 Å². The highest BCUT2D eigenvalue weighted by Gasteiger charge is 2.13. The molecular weight excluding hydrogens is 328 g/mol. The molecule has 3 rings (SSSR count). The number of carbonyl (C=O) groups is 2. The summed E-state index contributed by atoms with van der Waals surface area (Å²) in [5, 5.41) is 6.45. The molecule has 0 unspecified atom stereocenters. The molecule has 5 nitrogen and oxygen atoms in total. The van der Waals surface area contributed by atoms with Gasteiger partial charge in [-0.2, -0.15) is 0 Å². The van der Waals surface area contributed by atoms with Gasteiger partial charge in [-0.05, 0) is 42.7 Å². The van der Waals surface area contributed by atoms with Gasteiger partial charge in [-0.1, -0.05) is 24.3 Å². The molecule has 2 aromatic carbocycles. The van der Waals surface area contributed by atoms with Crippen molar-refractivity contribution in [2.75, 3.05) is 12.4 Å². The molecular formula is C21H22N2O3. The van der Waals surface area contributed by atoms with Crippen molar-refractivity contribution in [3.63, 3.8) is 0 Å². The van der Waals surface area contributed by atoms with Crippen LogP contribution in [0.1, 0.15) is 22.3 Å². The van der Waals surface area contributed by atoms with E-state index in [-0.39, 0.29) is 18.2 Å². The van der Waals surface area contributed by atoms with E-state index >= 15 is 0 Å². The molecule has 0 saturated carbocycles. The first-order chi connectivity index (χ1) is 12.5. The first-order valence-corrected chi connectivity index (χ1v) is 8.53. The third-order valence-electron chi connectivity index (χ3n) is 4.57. The Hall–Kier alpha value is -3.08. The molecule has 1 heterocycles. The van der Waals surface area contributed by atoms with Crippen LogP contribution in [-0.2, 0) is 22.4 Å². The lowest BCUT2D eigenvalue weighted by atomic mass is 10.0. The SMILES string of the molecule is CNC(=O)Cc1ccc(NC(=O)Cc2coc3c(C)c(C)ccc23)cc1. The predicted molar refractivity (Wildman–Crippen MR) is 102 cm³/mol. The van der Waals surface area contributed by atoms with Gasteiger partial charge in [0.05, 0.1) is 19.1 Å². The molecule has 0 aliphatic heterocycles. The zero-order valence-electron chi connectivity index (χ0n) is 15.2. The van der Waals surface area contributed by atoms with E-state index in [9.17, 15) is 9.59 Å². The second kappa shape index (κ2) is 7.44. The average Bonchev–Trinajstić information content (AvgIpc) is 3.03. The minimum absolute atomic E-state index is 0.0425. The maximum atomic E-state index is 12.4. The maximum Gasteiger partial charge on any atom is 0.228 e. The van der Waals surface area contributed by atoms with Crippen molar-refractivity contribution in [3.8, 4) is 0 Å². The fourth-order valence-electron chi connectivity index (χ4n) is 2.88.